The van der Waals surface area contributed by atoms with Gasteiger partial charge in [0.15, 0.2) is 0 Å². The van der Waals surface area contributed by atoms with E-state index in [1.54, 1.807) is 0 Å². The first-order valence-corrected chi connectivity index (χ1v) is 7.54. The quantitative estimate of drug-likeness (QED) is 0.776. The summed E-state index contributed by atoms with van der Waals surface area (Å²) < 4.78 is 0. The van der Waals surface area contributed by atoms with Crippen molar-refractivity contribution < 1.29 is 14.4 Å². The van der Waals surface area contributed by atoms with Gasteiger partial charge < -0.3 is 10.2 Å². The van der Waals surface area contributed by atoms with Gasteiger partial charge in [-0.05, 0) is 25.7 Å². The molecule has 3 fully saturated rings. The van der Waals surface area contributed by atoms with E-state index in [2.05, 4.69) is 5.32 Å². The van der Waals surface area contributed by atoms with Crippen LogP contribution in [0.3, 0.4) is 0 Å². The Morgan fingerprint density at radius 3 is 2.45 bits per heavy atom. The van der Waals surface area contributed by atoms with E-state index in [1.807, 2.05) is 4.90 Å². The van der Waals surface area contributed by atoms with Crippen LogP contribution < -0.4 is 5.32 Å². The molecule has 3 rings (SSSR count). The molecule has 0 aromatic heterocycles. The number of nitrogens with zero attached hydrogens (tertiary/aromatic N) is 2. The normalized spacial score (nSPS) is 24.2. The molecule has 4 amide bonds. The summed E-state index contributed by atoms with van der Waals surface area (Å²) in [6.45, 7) is 2.06. The average Bonchev–Trinajstić information content (AvgIpc) is 2.88. The lowest BCUT2D eigenvalue weighted by Crippen LogP contribution is -2.44. The maximum atomic E-state index is 12.4. The highest BCUT2D eigenvalue weighted by Gasteiger charge is 2.52. The molecule has 2 saturated heterocycles. The van der Waals surface area contributed by atoms with E-state index in [0.717, 1.165) is 45.2 Å². The third kappa shape index (κ3) is 2.17. The van der Waals surface area contributed by atoms with E-state index < -0.39 is 5.54 Å². The van der Waals surface area contributed by atoms with Crippen LogP contribution in [0, 0.1) is 0 Å². The van der Waals surface area contributed by atoms with Gasteiger partial charge in [0, 0.05) is 26.1 Å². The number of carbonyl (C=O) groups is 3. The van der Waals surface area contributed by atoms with Gasteiger partial charge in [-0.2, -0.15) is 0 Å². The Balaban J connectivity index is 1.51. The summed E-state index contributed by atoms with van der Waals surface area (Å²) in [5.74, 6) is 0.0512. The van der Waals surface area contributed by atoms with Crippen LogP contribution in [0.2, 0.25) is 0 Å². The van der Waals surface area contributed by atoms with Crippen LogP contribution >= 0.6 is 0 Å². The molecule has 0 bridgehead atoms. The number of urea groups is 1. The van der Waals surface area contributed by atoms with E-state index in [0.29, 0.717) is 19.4 Å². The summed E-state index contributed by atoms with van der Waals surface area (Å²) in [5, 5.41) is 2.85. The second-order valence-corrected chi connectivity index (χ2v) is 6.01. The number of likely N-dealkylation sites (tertiary alicyclic amines) is 1. The van der Waals surface area contributed by atoms with Gasteiger partial charge in [-0.15, -0.1) is 0 Å². The highest BCUT2D eigenvalue weighted by Crippen LogP contribution is 2.35. The highest BCUT2D eigenvalue weighted by atomic mass is 16.2. The lowest BCUT2D eigenvalue weighted by Gasteiger charge is -2.31. The summed E-state index contributed by atoms with van der Waals surface area (Å²) >= 11 is 0. The lowest BCUT2D eigenvalue weighted by molar-refractivity contribution is -0.135. The van der Waals surface area contributed by atoms with Crippen molar-refractivity contribution in [1.29, 1.82) is 0 Å². The summed E-state index contributed by atoms with van der Waals surface area (Å²) in [5.41, 5.74) is -0.626. The largest absolute Gasteiger partial charge is 0.343 e. The molecule has 3 aliphatic rings. The summed E-state index contributed by atoms with van der Waals surface area (Å²) in [7, 11) is 0. The SMILES string of the molecule is O=C(CCCN1C(=O)NC2(CCCC2)C1=O)N1CCC1. The first kappa shape index (κ1) is 13.4. The molecule has 6 nitrogen and oxygen atoms in total. The maximum absolute atomic E-state index is 12.4. The van der Waals surface area contributed by atoms with Crippen LogP contribution in [0.5, 0.6) is 0 Å². The summed E-state index contributed by atoms with van der Waals surface area (Å²) in [6.07, 6.45) is 5.55. The molecule has 1 spiro atoms. The number of imide groups is 1. The molecular formula is C14H21N3O3. The van der Waals surface area contributed by atoms with Crippen LogP contribution in [-0.4, -0.2) is 52.8 Å². The number of hydrogen-bond donors (Lipinski definition) is 1. The standard InChI is InChI=1S/C14H21N3O3/c18-11(16-8-4-9-16)5-3-10-17-12(19)14(15-13(17)20)6-1-2-7-14/h1-10H2,(H,15,20). The predicted octanol–water partition coefficient (Wildman–Crippen LogP) is 0.863. The van der Waals surface area contributed by atoms with Crippen LogP contribution in [-0.2, 0) is 9.59 Å². The smallest absolute Gasteiger partial charge is 0.325 e. The van der Waals surface area contributed by atoms with Crippen molar-refractivity contribution in [2.75, 3.05) is 19.6 Å². The fraction of sp³-hybridized carbons (Fsp3) is 0.786. The highest BCUT2D eigenvalue weighted by molar-refractivity contribution is 6.07. The number of hydrogen-bond acceptors (Lipinski definition) is 3. The monoisotopic (exact) mass is 279 g/mol. The third-order valence-electron chi connectivity index (χ3n) is 4.68. The number of carbonyl (C=O) groups excluding carboxylic acids is 3. The minimum absolute atomic E-state index is 0.0867. The first-order valence-electron chi connectivity index (χ1n) is 7.54. The second kappa shape index (κ2) is 5.07. The van der Waals surface area contributed by atoms with Gasteiger partial charge in [-0.3, -0.25) is 14.5 Å². The molecule has 110 valence electrons. The van der Waals surface area contributed by atoms with E-state index in [1.165, 1.54) is 4.90 Å². The van der Waals surface area contributed by atoms with Crippen LogP contribution in [0.15, 0.2) is 0 Å². The Morgan fingerprint density at radius 1 is 1.15 bits per heavy atom. The Morgan fingerprint density at radius 2 is 1.85 bits per heavy atom. The van der Waals surface area contributed by atoms with Crippen molar-refractivity contribution >= 4 is 17.8 Å². The van der Waals surface area contributed by atoms with E-state index in [-0.39, 0.29) is 17.8 Å². The van der Waals surface area contributed by atoms with Crippen molar-refractivity contribution in [3.63, 3.8) is 0 Å². The van der Waals surface area contributed by atoms with Gasteiger partial charge in [-0.1, -0.05) is 12.8 Å². The summed E-state index contributed by atoms with van der Waals surface area (Å²) in [6, 6.07) is -0.284. The fourth-order valence-corrected chi connectivity index (χ4v) is 3.31. The Bertz CT molecular complexity index is 439. The van der Waals surface area contributed by atoms with Crippen molar-refractivity contribution in [2.45, 2.75) is 50.5 Å². The Kier molecular flexibility index (Phi) is 3.40. The van der Waals surface area contributed by atoms with Crippen molar-refractivity contribution in [3.8, 4) is 0 Å². The lowest BCUT2D eigenvalue weighted by atomic mass is 9.98. The zero-order chi connectivity index (χ0) is 14.2. The molecule has 2 aliphatic heterocycles. The number of amides is 4. The molecule has 20 heavy (non-hydrogen) atoms. The Labute approximate surface area is 118 Å². The fourth-order valence-electron chi connectivity index (χ4n) is 3.31. The zero-order valence-corrected chi connectivity index (χ0v) is 11.7. The van der Waals surface area contributed by atoms with E-state index in [9.17, 15) is 14.4 Å². The van der Waals surface area contributed by atoms with Crippen LogP contribution in [0.25, 0.3) is 0 Å². The minimum Gasteiger partial charge on any atom is -0.343 e. The number of nitrogens with one attached hydrogen (secondary N) is 1. The molecule has 6 heteroatoms. The van der Waals surface area contributed by atoms with Gasteiger partial charge in [0.25, 0.3) is 5.91 Å². The predicted molar refractivity (Wildman–Crippen MR) is 71.9 cm³/mol. The molecular weight excluding hydrogens is 258 g/mol. The van der Waals surface area contributed by atoms with Gasteiger partial charge in [0.2, 0.25) is 5.91 Å². The molecule has 2 heterocycles. The van der Waals surface area contributed by atoms with E-state index in [4.69, 9.17) is 0 Å². The minimum atomic E-state index is -0.626. The van der Waals surface area contributed by atoms with Crippen LogP contribution in [0.1, 0.15) is 44.9 Å². The topological polar surface area (TPSA) is 69.7 Å². The third-order valence-corrected chi connectivity index (χ3v) is 4.68. The molecule has 0 atom stereocenters. The van der Waals surface area contributed by atoms with Crippen molar-refractivity contribution in [2.24, 2.45) is 0 Å². The van der Waals surface area contributed by atoms with Gasteiger partial charge >= 0.3 is 6.03 Å². The van der Waals surface area contributed by atoms with Gasteiger partial charge in [0.05, 0.1) is 0 Å². The van der Waals surface area contributed by atoms with Gasteiger partial charge in [-0.25, -0.2) is 4.79 Å². The number of rotatable bonds is 4. The molecule has 1 saturated carbocycles. The molecule has 0 aromatic rings. The first-order chi connectivity index (χ1) is 9.62. The van der Waals surface area contributed by atoms with E-state index >= 15 is 0 Å². The summed E-state index contributed by atoms with van der Waals surface area (Å²) in [4.78, 5) is 39.1. The molecule has 1 N–H and O–H groups in total. The molecule has 0 unspecified atom stereocenters. The van der Waals surface area contributed by atoms with Gasteiger partial charge in [0.1, 0.15) is 5.54 Å². The van der Waals surface area contributed by atoms with Crippen LogP contribution in [0.4, 0.5) is 4.79 Å². The van der Waals surface area contributed by atoms with Crippen molar-refractivity contribution in [3.05, 3.63) is 0 Å². The maximum Gasteiger partial charge on any atom is 0.325 e. The molecule has 1 aliphatic carbocycles. The van der Waals surface area contributed by atoms with Crippen molar-refractivity contribution in [1.82, 2.24) is 15.1 Å². The zero-order valence-electron chi connectivity index (χ0n) is 11.7. The second-order valence-electron chi connectivity index (χ2n) is 6.01. The molecule has 0 radical (unpaired) electrons. The Hall–Kier alpha value is -1.59. The molecule has 0 aromatic carbocycles. The average molecular weight is 279 g/mol.